The Kier molecular flexibility index (Phi) is 6.43. The van der Waals surface area contributed by atoms with Crippen LogP contribution in [0.1, 0.15) is 11.1 Å². The van der Waals surface area contributed by atoms with Gasteiger partial charge in [-0.25, -0.2) is 0 Å². The summed E-state index contributed by atoms with van der Waals surface area (Å²) in [5.41, 5.74) is 1.90. The molecule has 0 fully saturated rings. The Morgan fingerprint density at radius 1 is 0.577 bits per heavy atom. The fourth-order valence-corrected chi connectivity index (χ4v) is 3.81. The maximum Gasteiger partial charge on any atom is 0.0682 e. The van der Waals surface area contributed by atoms with Crippen LogP contribution >= 0.6 is 31.9 Å². The maximum atomic E-state index is 8.95. The molecule has 0 aliphatic heterocycles. The van der Waals surface area contributed by atoms with Crippen LogP contribution < -0.4 is 0 Å². The molecule has 0 radical (unpaired) electrons. The van der Waals surface area contributed by atoms with Crippen LogP contribution in [-0.4, -0.2) is 10.2 Å². The van der Waals surface area contributed by atoms with E-state index in [0.29, 0.717) is 0 Å². The van der Waals surface area contributed by atoms with E-state index in [1.807, 2.05) is 72.8 Å². The predicted molar refractivity (Wildman–Crippen MR) is 115 cm³/mol. The SMILES string of the molecule is OCc1ccc2c(Br)cccc2c1.OCc1ccc2c(Br)cccc2c1. The van der Waals surface area contributed by atoms with Crippen molar-refractivity contribution in [3.05, 3.63) is 92.9 Å². The largest absolute Gasteiger partial charge is 0.392 e. The van der Waals surface area contributed by atoms with E-state index in [9.17, 15) is 0 Å². The number of halogens is 2. The smallest absolute Gasteiger partial charge is 0.0682 e. The van der Waals surface area contributed by atoms with Crippen molar-refractivity contribution in [3.8, 4) is 0 Å². The second kappa shape index (κ2) is 8.78. The molecular weight excluding hydrogens is 456 g/mol. The molecule has 4 rings (SSSR count). The maximum absolute atomic E-state index is 8.95. The van der Waals surface area contributed by atoms with Crippen molar-refractivity contribution < 1.29 is 10.2 Å². The van der Waals surface area contributed by atoms with Crippen molar-refractivity contribution in [1.82, 2.24) is 0 Å². The second-order valence-electron chi connectivity index (χ2n) is 5.91. The Bertz CT molecular complexity index is 959. The van der Waals surface area contributed by atoms with Crippen LogP contribution in [0.5, 0.6) is 0 Å². The molecule has 26 heavy (non-hydrogen) atoms. The van der Waals surface area contributed by atoms with Gasteiger partial charge in [0.15, 0.2) is 0 Å². The third-order valence-corrected chi connectivity index (χ3v) is 5.53. The van der Waals surface area contributed by atoms with Gasteiger partial charge in [-0.2, -0.15) is 0 Å². The zero-order chi connectivity index (χ0) is 18.5. The molecule has 132 valence electrons. The highest BCUT2D eigenvalue weighted by atomic mass is 79.9. The molecule has 0 aliphatic rings. The summed E-state index contributed by atoms with van der Waals surface area (Å²) in [6.45, 7) is 0.199. The molecule has 0 aromatic heterocycles. The lowest BCUT2D eigenvalue weighted by molar-refractivity contribution is 0.282. The lowest BCUT2D eigenvalue weighted by Gasteiger charge is -2.02. The van der Waals surface area contributed by atoms with Gasteiger partial charge >= 0.3 is 0 Å². The number of aliphatic hydroxyl groups is 2. The van der Waals surface area contributed by atoms with Crippen LogP contribution in [0.2, 0.25) is 0 Å². The second-order valence-corrected chi connectivity index (χ2v) is 7.62. The Hall–Kier alpha value is -1.72. The van der Waals surface area contributed by atoms with E-state index in [2.05, 4.69) is 31.9 Å². The number of hydrogen-bond donors (Lipinski definition) is 2. The van der Waals surface area contributed by atoms with Crippen molar-refractivity contribution in [3.63, 3.8) is 0 Å². The molecule has 2 N–H and O–H groups in total. The molecule has 4 heteroatoms. The summed E-state index contributed by atoms with van der Waals surface area (Å²) in [5, 5.41) is 22.6. The molecular formula is C22H18Br2O2. The van der Waals surface area contributed by atoms with E-state index in [1.165, 1.54) is 10.8 Å². The number of fused-ring (bicyclic) bond motifs is 2. The molecule has 0 saturated carbocycles. The van der Waals surface area contributed by atoms with E-state index in [0.717, 1.165) is 30.8 Å². The van der Waals surface area contributed by atoms with Crippen molar-refractivity contribution >= 4 is 53.4 Å². The summed E-state index contributed by atoms with van der Waals surface area (Å²) in [6, 6.07) is 24.0. The number of benzene rings is 4. The minimum Gasteiger partial charge on any atom is -0.392 e. The van der Waals surface area contributed by atoms with Crippen molar-refractivity contribution in [2.45, 2.75) is 13.2 Å². The quantitative estimate of drug-likeness (QED) is 0.364. The van der Waals surface area contributed by atoms with Crippen LogP contribution in [-0.2, 0) is 13.2 Å². The van der Waals surface area contributed by atoms with Gasteiger partial charge in [0.2, 0.25) is 0 Å². The Morgan fingerprint density at radius 3 is 1.38 bits per heavy atom. The highest BCUT2D eigenvalue weighted by Gasteiger charge is 1.99. The zero-order valence-corrected chi connectivity index (χ0v) is 17.2. The average molecular weight is 474 g/mol. The average Bonchev–Trinajstić information content (AvgIpc) is 2.68. The predicted octanol–water partition coefficient (Wildman–Crippen LogP) is 6.19. The Balaban J connectivity index is 0.000000151. The highest BCUT2D eigenvalue weighted by molar-refractivity contribution is 9.11. The standard InChI is InChI=1S/2C11H9BrO/c2*12-11-3-1-2-9-6-8(7-13)4-5-10(9)11/h2*1-6,13H,7H2. The summed E-state index contributed by atoms with van der Waals surface area (Å²) < 4.78 is 2.18. The summed E-state index contributed by atoms with van der Waals surface area (Å²) in [6.07, 6.45) is 0. The van der Waals surface area contributed by atoms with E-state index >= 15 is 0 Å². The molecule has 0 unspecified atom stereocenters. The van der Waals surface area contributed by atoms with Crippen LogP contribution in [0.15, 0.2) is 81.7 Å². The highest BCUT2D eigenvalue weighted by Crippen LogP contribution is 2.25. The fourth-order valence-electron chi connectivity index (χ4n) is 2.78. The van der Waals surface area contributed by atoms with Crippen molar-refractivity contribution in [2.75, 3.05) is 0 Å². The summed E-state index contributed by atoms with van der Waals surface area (Å²) in [4.78, 5) is 0. The van der Waals surface area contributed by atoms with Gasteiger partial charge in [0.1, 0.15) is 0 Å². The van der Waals surface area contributed by atoms with E-state index in [1.54, 1.807) is 0 Å². The van der Waals surface area contributed by atoms with E-state index in [4.69, 9.17) is 10.2 Å². The Morgan fingerprint density at radius 2 is 1.00 bits per heavy atom. The fraction of sp³-hybridized carbons (Fsp3) is 0.0909. The molecule has 4 aromatic rings. The monoisotopic (exact) mass is 472 g/mol. The van der Waals surface area contributed by atoms with E-state index in [-0.39, 0.29) is 13.2 Å². The van der Waals surface area contributed by atoms with Gasteiger partial charge in [0, 0.05) is 8.95 Å². The number of aliphatic hydroxyl groups excluding tert-OH is 2. The van der Waals surface area contributed by atoms with Crippen LogP contribution in [0.3, 0.4) is 0 Å². The van der Waals surface area contributed by atoms with Crippen LogP contribution in [0.25, 0.3) is 21.5 Å². The number of hydrogen-bond acceptors (Lipinski definition) is 2. The molecule has 0 bridgehead atoms. The summed E-state index contributed by atoms with van der Waals surface area (Å²) in [7, 11) is 0. The third kappa shape index (κ3) is 4.33. The van der Waals surface area contributed by atoms with Gasteiger partial charge in [-0.05, 0) is 56.9 Å². The normalized spacial score (nSPS) is 10.6. The lowest BCUT2D eigenvalue weighted by Crippen LogP contribution is -1.82. The molecule has 0 amide bonds. The molecule has 0 heterocycles. The minimum atomic E-state index is 0.0997. The molecule has 0 atom stereocenters. The minimum absolute atomic E-state index is 0.0997. The first-order valence-electron chi connectivity index (χ1n) is 8.18. The first-order valence-corrected chi connectivity index (χ1v) is 9.77. The number of rotatable bonds is 2. The Labute approximate surface area is 169 Å². The molecule has 0 aliphatic carbocycles. The van der Waals surface area contributed by atoms with Gasteiger partial charge in [-0.1, -0.05) is 80.4 Å². The third-order valence-electron chi connectivity index (χ3n) is 4.15. The van der Waals surface area contributed by atoms with Crippen molar-refractivity contribution in [1.29, 1.82) is 0 Å². The first kappa shape index (κ1) is 19.1. The van der Waals surface area contributed by atoms with Crippen LogP contribution in [0, 0.1) is 0 Å². The molecule has 0 spiro atoms. The van der Waals surface area contributed by atoms with Gasteiger partial charge < -0.3 is 10.2 Å². The summed E-state index contributed by atoms with van der Waals surface area (Å²) in [5.74, 6) is 0. The van der Waals surface area contributed by atoms with Crippen LogP contribution in [0.4, 0.5) is 0 Å². The van der Waals surface area contributed by atoms with Gasteiger partial charge in [0.25, 0.3) is 0 Å². The van der Waals surface area contributed by atoms with Gasteiger partial charge in [-0.15, -0.1) is 0 Å². The van der Waals surface area contributed by atoms with Crippen molar-refractivity contribution in [2.24, 2.45) is 0 Å². The van der Waals surface area contributed by atoms with Gasteiger partial charge in [-0.3, -0.25) is 0 Å². The lowest BCUT2D eigenvalue weighted by atomic mass is 10.1. The molecule has 0 saturated heterocycles. The zero-order valence-electron chi connectivity index (χ0n) is 14.0. The molecule has 2 nitrogen and oxygen atoms in total. The van der Waals surface area contributed by atoms with E-state index < -0.39 is 0 Å². The molecule has 4 aromatic carbocycles. The topological polar surface area (TPSA) is 40.5 Å². The summed E-state index contributed by atoms with van der Waals surface area (Å²) >= 11 is 6.96. The first-order chi connectivity index (χ1) is 12.6. The van der Waals surface area contributed by atoms with Gasteiger partial charge in [0.05, 0.1) is 13.2 Å².